The minimum atomic E-state index is -0.652. The van der Waals surface area contributed by atoms with Crippen molar-refractivity contribution in [2.75, 3.05) is 0 Å². The van der Waals surface area contributed by atoms with Crippen molar-refractivity contribution in [1.82, 2.24) is 0 Å². The predicted molar refractivity (Wildman–Crippen MR) is 65.1 cm³/mol. The van der Waals surface area contributed by atoms with E-state index < -0.39 is 11.6 Å². The van der Waals surface area contributed by atoms with E-state index in [0.29, 0.717) is 10.7 Å². The molecule has 0 unspecified atom stereocenters. The molecule has 0 aromatic heterocycles. The quantitative estimate of drug-likeness (QED) is 0.703. The Hall–Kier alpha value is -1.74. The number of rotatable bonds is 2. The molecule has 0 N–H and O–H groups in total. The van der Waals surface area contributed by atoms with Crippen molar-refractivity contribution in [3.63, 3.8) is 0 Å². The Morgan fingerprint density at radius 1 is 0.941 bits per heavy atom. The zero-order chi connectivity index (χ0) is 12.3. The van der Waals surface area contributed by atoms with Crippen LogP contribution < -0.4 is 0 Å². The van der Waals surface area contributed by atoms with Crippen molar-refractivity contribution in [2.24, 2.45) is 4.99 Å². The lowest BCUT2D eigenvalue weighted by atomic mass is 10.2. The van der Waals surface area contributed by atoms with Crippen LogP contribution in [0.25, 0.3) is 0 Å². The van der Waals surface area contributed by atoms with Gasteiger partial charge < -0.3 is 0 Å². The monoisotopic (exact) mass is 251 g/mol. The molecular weight excluding hydrogens is 244 g/mol. The van der Waals surface area contributed by atoms with E-state index in [2.05, 4.69) is 4.99 Å². The summed E-state index contributed by atoms with van der Waals surface area (Å²) in [5.41, 5.74) is 0.296. The maximum absolute atomic E-state index is 13.3. The average Bonchev–Trinajstić information content (AvgIpc) is 2.30. The maximum atomic E-state index is 13.3. The molecule has 0 aliphatic heterocycles. The van der Waals surface area contributed by atoms with Crippen LogP contribution in [-0.2, 0) is 0 Å². The summed E-state index contributed by atoms with van der Waals surface area (Å²) in [5.74, 6) is -1.30. The van der Waals surface area contributed by atoms with Crippen LogP contribution in [0.3, 0.4) is 0 Å². The van der Waals surface area contributed by atoms with Gasteiger partial charge in [-0.05, 0) is 24.3 Å². The van der Waals surface area contributed by atoms with Gasteiger partial charge in [-0.25, -0.2) is 8.78 Å². The van der Waals surface area contributed by atoms with E-state index >= 15 is 0 Å². The van der Waals surface area contributed by atoms with Crippen LogP contribution >= 0.6 is 11.6 Å². The van der Waals surface area contributed by atoms with Crippen molar-refractivity contribution in [2.45, 2.75) is 0 Å². The number of benzene rings is 2. The van der Waals surface area contributed by atoms with Crippen LogP contribution in [0.5, 0.6) is 0 Å². The average molecular weight is 252 g/mol. The van der Waals surface area contributed by atoms with Crippen LogP contribution in [0.1, 0.15) is 5.56 Å². The lowest BCUT2D eigenvalue weighted by Crippen LogP contribution is -1.92. The van der Waals surface area contributed by atoms with Gasteiger partial charge in [0.25, 0.3) is 0 Å². The van der Waals surface area contributed by atoms with Crippen LogP contribution in [0, 0.1) is 11.6 Å². The van der Waals surface area contributed by atoms with E-state index in [-0.39, 0.29) is 5.56 Å². The number of hydrogen-bond acceptors (Lipinski definition) is 1. The van der Waals surface area contributed by atoms with E-state index in [4.69, 9.17) is 11.6 Å². The molecule has 0 fully saturated rings. The highest BCUT2D eigenvalue weighted by Crippen LogP contribution is 2.23. The summed E-state index contributed by atoms with van der Waals surface area (Å²) in [6, 6.07) is 10.5. The van der Waals surface area contributed by atoms with Crippen LogP contribution in [0.4, 0.5) is 14.5 Å². The fraction of sp³-hybridized carbons (Fsp3) is 0. The third kappa shape index (κ3) is 2.68. The summed E-state index contributed by atoms with van der Waals surface area (Å²) in [7, 11) is 0. The van der Waals surface area contributed by atoms with Crippen molar-refractivity contribution < 1.29 is 8.78 Å². The van der Waals surface area contributed by atoms with Crippen LogP contribution in [0.15, 0.2) is 47.5 Å². The first-order chi connectivity index (χ1) is 8.18. The van der Waals surface area contributed by atoms with E-state index in [9.17, 15) is 8.78 Å². The van der Waals surface area contributed by atoms with E-state index in [1.54, 1.807) is 24.3 Å². The summed E-state index contributed by atoms with van der Waals surface area (Å²) in [5, 5.41) is 0.431. The number of para-hydroxylation sites is 1. The first kappa shape index (κ1) is 11.7. The Morgan fingerprint density at radius 2 is 1.59 bits per heavy atom. The Bertz CT molecular complexity index is 547. The molecule has 0 radical (unpaired) electrons. The van der Waals surface area contributed by atoms with Crippen molar-refractivity contribution in [1.29, 1.82) is 0 Å². The Balaban J connectivity index is 2.36. The number of nitrogens with zero attached hydrogens (tertiary/aromatic N) is 1. The molecule has 86 valence electrons. The van der Waals surface area contributed by atoms with Crippen LogP contribution in [-0.4, -0.2) is 6.21 Å². The second kappa shape index (κ2) is 5.06. The number of aliphatic imine (C=N–C) groups is 1. The number of hydrogen-bond donors (Lipinski definition) is 0. The van der Waals surface area contributed by atoms with Gasteiger partial charge in [0.05, 0.1) is 16.3 Å². The molecule has 0 atom stereocenters. The maximum Gasteiger partial charge on any atom is 0.134 e. The SMILES string of the molecule is Fc1cccc(F)c1/C=N/c1ccccc1Cl. The second-order valence-electron chi connectivity index (χ2n) is 3.34. The fourth-order valence-electron chi connectivity index (χ4n) is 1.32. The molecule has 2 aromatic carbocycles. The first-order valence-corrected chi connectivity index (χ1v) is 5.29. The summed E-state index contributed by atoms with van der Waals surface area (Å²) in [6.07, 6.45) is 1.13. The molecule has 0 saturated carbocycles. The first-order valence-electron chi connectivity index (χ1n) is 4.91. The Labute approximate surface area is 102 Å². The standard InChI is InChI=1S/C13H8ClF2N/c14-10-4-1-2-7-13(10)17-8-9-11(15)5-3-6-12(9)16/h1-8H/b17-8+. The smallest absolute Gasteiger partial charge is 0.134 e. The third-order valence-electron chi connectivity index (χ3n) is 2.18. The predicted octanol–water partition coefficient (Wildman–Crippen LogP) is 4.37. The molecule has 1 nitrogen and oxygen atoms in total. The van der Waals surface area contributed by atoms with E-state index in [1.165, 1.54) is 18.2 Å². The van der Waals surface area contributed by atoms with Gasteiger partial charge in [0.1, 0.15) is 11.6 Å². The molecule has 2 aromatic rings. The normalized spacial score (nSPS) is 11.0. The number of halogens is 3. The highest BCUT2D eigenvalue weighted by Gasteiger charge is 2.05. The van der Waals surface area contributed by atoms with Gasteiger partial charge in [-0.1, -0.05) is 29.8 Å². The lowest BCUT2D eigenvalue weighted by molar-refractivity contribution is 0.580. The molecule has 0 heterocycles. The molecule has 0 bridgehead atoms. The second-order valence-corrected chi connectivity index (χ2v) is 3.75. The van der Waals surface area contributed by atoms with Crippen LogP contribution in [0.2, 0.25) is 5.02 Å². The van der Waals surface area contributed by atoms with Gasteiger partial charge in [-0.3, -0.25) is 4.99 Å². The van der Waals surface area contributed by atoms with Crippen molar-refractivity contribution in [3.05, 3.63) is 64.7 Å². The topological polar surface area (TPSA) is 12.4 Å². The molecule has 0 aliphatic rings. The van der Waals surface area contributed by atoms with Gasteiger partial charge in [0.15, 0.2) is 0 Å². The summed E-state index contributed by atoms with van der Waals surface area (Å²) < 4.78 is 26.6. The van der Waals surface area contributed by atoms with Gasteiger partial charge in [0, 0.05) is 6.21 Å². The molecule has 0 spiro atoms. The molecule has 0 saturated heterocycles. The zero-order valence-electron chi connectivity index (χ0n) is 8.70. The molecular formula is C13H8ClF2N. The summed E-state index contributed by atoms with van der Waals surface area (Å²) in [6.45, 7) is 0. The van der Waals surface area contributed by atoms with Gasteiger partial charge >= 0.3 is 0 Å². The molecule has 2 rings (SSSR count). The van der Waals surface area contributed by atoms with Gasteiger partial charge in [0.2, 0.25) is 0 Å². The Morgan fingerprint density at radius 3 is 2.24 bits per heavy atom. The molecule has 0 aliphatic carbocycles. The largest absolute Gasteiger partial charge is 0.254 e. The summed E-state index contributed by atoms with van der Waals surface area (Å²) >= 11 is 5.87. The van der Waals surface area contributed by atoms with Gasteiger partial charge in [-0.15, -0.1) is 0 Å². The van der Waals surface area contributed by atoms with Crippen molar-refractivity contribution in [3.8, 4) is 0 Å². The van der Waals surface area contributed by atoms with E-state index in [1.807, 2.05) is 0 Å². The Kier molecular flexibility index (Phi) is 3.49. The highest BCUT2D eigenvalue weighted by atomic mass is 35.5. The highest BCUT2D eigenvalue weighted by molar-refractivity contribution is 6.33. The third-order valence-corrected chi connectivity index (χ3v) is 2.50. The molecule has 0 amide bonds. The zero-order valence-corrected chi connectivity index (χ0v) is 9.46. The minimum Gasteiger partial charge on any atom is -0.254 e. The molecule has 17 heavy (non-hydrogen) atoms. The molecule has 4 heteroatoms. The lowest BCUT2D eigenvalue weighted by Gasteiger charge is -1.99. The minimum absolute atomic E-state index is 0.174. The van der Waals surface area contributed by atoms with E-state index in [0.717, 1.165) is 6.21 Å². The van der Waals surface area contributed by atoms with Crippen molar-refractivity contribution >= 4 is 23.5 Å². The van der Waals surface area contributed by atoms with Gasteiger partial charge in [-0.2, -0.15) is 0 Å². The fourth-order valence-corrected chi connectivity index (χ4v) is 1.51. The summed E-state index contributed by atoms with van der Waals surface area (Å²) in [4.78, 5) is 3.96.